The molecule has 1 atom stereocenters. The third-order valence-electron chi connectivity index (χ3n) is 5.44. The molecule has 1 aliphatic heterocycles. The van der Waals surface area contributed by atoms with E-state index in [0.29, 0.717) is 13.2 Å². The Morgan fingerprint density at radius 2 is 2.14 bits per heavy atom. The van der Waals surface area contributed by atoms with Gasteiger partial charge in [0.25, 0.3) is 0 Å². The van der Waals surface area contributed by atoms with Gasteiger partial charge in [-0.3, -0.25) is 5.10 Å². The molecule has 0 unspecified atom stereocenters. The van der Waals surface area contributed by atoms with Crippen LogP contribution in [0.15, 0.2) is 24.3 Å². The van der Waals surface area contributed by atoms with Crippen molar-refractivity contribution in [3.63, 3.8) is 0 Å². The van der Waals surface area contributed by atoms with Crippen LogP contribution in [0.2, 0.25) is 0 Å². The summed E-state index contributed by atoms with van der Waals surface area (Å²) >= 11 is 0. The number of urea groups is 1. The van der Waals surface area contributed by atoms with Crippen LogP contribution in [0, 0.1) is 0 Å². The van der Waals surface area contributed by atoms with Gasteiger partial charge in [-0.1, -0.05) is 0 Å². The maximum Gasteiger partial charge on any atom is 0.321 e. The van der Waals surface area contributed by atoms with Crippen LogP contribution in [0.1, 0.15) is 42.6 Å². The summed E-state index contributed by atoms with van der Waals surface area (Å²) in [5.41, 5.74) is 4.21. The Morgan fingerprint density at radius 1 is 1.29 bits per heavy atom. The first-order chi connectivity index (χ1) is 13.7. The van der Waals surface area contributed by atoms with Gasteiger partial charge in [0.05, 0.1) is 18.3 Å². The smallest absolute Gasteiger partial charge is 0.321 e. The zero-order valence-electron chi connectivity index (χ0n) is 16.4. The number of fused-ring (bicyclic) bond motifs is 1. The Morgan fingerprint density at radius 3 is 2.93 bits per heavy atom. The second kappa shape index (κ2) is 8.65. The number of aromatic amines is 1. The molecular formula is C21H28N4O3. The molecule has 2 amide bonds. The molecule has 1 aromatic carbocycles. The number of aromatic nitrogens is 2. The highest BCUT2D eigenvalue weighted by Crippen LogP contribution is 2.24. The number of benzene rings is 1. The first-order valence-electron chi connectivity index (χ1n) is 10.1. The number of H-pyrrole nitrogens is 1. The van der Waals surface area contributed by atoms with Crippen molar-refractivity contribution in [1.82, 2.24) is 15.1 Å². The van der Waals surface area contributed by atoms with Crippen LogP contribution >= 0.6 is 0 Å². The van der Waals surface area contributed by atoms with Crippen LogP contribution in [0.5, 0.6) is 5.75 Å². The highest BCUT2D eigenvalue weighted by Gasteiger charge is 2.20. The van der Waals surface area contributed by atoms with Crippen molar-refractivity contribution in [2.75, 3.05) is 25.6 Å². The second-order valence-electron chi connectivity index (χ2n) is 7.59. The van der Waals surface area contributed by atoms with Crippen molar-refractivity contribution in [3.05, 3.63) is 41.2 Å². The van der Waals surface area contributed by atoms with Crippen molar-refractivity contribution in [1.29, 1.82) is 0 Å². The first-order valence-corrected chi connectivity index (χ1v) is 10.1. The molecule has 7 nitrogen and oxygen atoms in total. The largest absolute Gasteiger partial charge is 0.491 e. The minimum atomic E-state index is -0.154. The summed E-state index contributed by atoms with van der Waals surface area (Å²) in [6.45, 7) is 1.90. The van der Waals surface area contributed by atoms with E-state index in [4.69, 9.17) is 9.47 Å². The van der Waals surface area contributed by atoms with Gasteiger partial charge in [-0.05, 0) is 68.4 Å². The SMILES string of the molecule is CN(Cc1n[nH]c2c1CCC2)C(=O)Nc1ccc(OC[C@@H]2CCCCO2)cc1. The van der Waals surface area contributed by atoms with E-state index in [9.17, 15) is 4.79 Å². The van der Waals surface area contributed by atoms with Gasteiger partial charge in [-0.25, -0.2) is 4.79 Å². The second-order valence-corrected chi connectivity index (χ2v) is 7.59. The molecule has 1 aliphatic carbocycles. The number of rotatable bonds is 6. The molecule has 0 bridgehead atoms. The van der Waals surface area contributed by atoms with Crippen molar-refractivity contribution in [3.8, 4) is 5.75 Å². The Balaban J connectivity index is 1.26. The van der Waals surface area contributed by atoms with Crippen LogP contribution in [0.25, 0.3) is 0 Å². The Labute approximate surface area is 165 Å². The maximum atomic E-state index is 12.5. The summed E-state index contributed by atoms with van der Waals surface area (Å²) in [5.74, 6) is 0.785. The summed E-state index contributed by atoms with van der Waals surface area (Å²) in [5, 5.41) is 10.4. The van der Waals surface area contributed by atoms with Gasteiger partial charge in [-0.2, -0.15) is 5.10 Å². The molecule has 4 rings (SSSR count). The van der Waals surface area contributed by atoms with Crippen LogP contribution in [-0.4, -0.2) is 47.5 Å². The Hall–Kier alpha value is -2.54. The predicted octanol–water partition coefficient (Wildman–Crippen LogP) is 3.51. The molecule has 28 heavy (non-hydrogen) atoms. The highest BCUT2D eigenvalue weighted by atomic mass is 16.5. The molecule has 2 heterocycles. The van der Waals surface area contributed by atoms with E-state index in [1.807, 2.05) is 24.3 Å². The summed E-state index contributed by atoms with van der Waals surface area (Å²) in [6.07, 6.45) is 6.84. The molecule has 0 radical (unpaired) electrons. The fraction of sp³-hybridized carbons (Fsp3) is 0.524. The van der Waals surface area contributed by atoms with Crippen molar-refractivity contribution >= 4 is 11.7 Å². The molecule has 2 N–H and O–H groups in total. The molecule has 1 saturated heterocycles. The molecule has 7 heteroatoms. The van der Waals surface area contributed by atoms with Crippen LogP contribution in [0.3, 0.4) is 0 Å². The van der Waals surface area contributed by atoms with E-state index < -0.39 is 0 Å². The normalized spacial score (nSPS) is 18.5. The third-order valence-corrected chi connectivity index (χ3v) is 5.44. The number of hydrogen-bond donors (Lipinski definition) is 2. The van der Waals surface area contributed by atoms with Gasteiger partial charge in [0.2, 0.25) is 0 Å². The molecule has 0 saturated carbocycles. The minimum absolute atomic E-state index is 0.154. The predicted molar refractivity (Wildman–Crippen MR) is 107 cm³/mol. The standard InChI is InChI=1S/C21H28N4O3/c1-25(13-20-18-6-4-7-19(18)23-24-20)21(26)22-15-8-10-16(11-9-15)28-14-17-5-2-3-12-27-17/h8-11,17H,2-7,12-14H2,1H3,(H,22,26)(H,23,24)/t17-/m0/s1. The number of nitrogens with zero attached hydrogens (tertiary/aromatic N) is 2. The fourth-order valence-corrected chi connectivity index (χ4v) is 3.80. The minimum Gasteiger partial charge on any atom is -0.491 e. The third kappa shape index (κ3) is 4.47. The molecule has 0 spiro atoms. The van der Waals surface area contributed by atoms with E-state index >= 15 is 0 Å². The molecular weight excluding hydrogens is 356 g/mol. The van der Waals surface area contributed by atoms with E-state index in [-0.39, 0.29) is 12.1 Å². The number of anilines is 1. The number of ether oxygens (including phenoxy) is 2. The van der Waals surface area contributed by atoms with E-state index in [0.717, 1.165) is 55.8 Å². The zero-order valence-corrected chi connectivity index (χ0v) is 16.4. The molecule has 150 valence electrons. The number of carbonyl (C=O) groups excluding carboxylic acids is 1. The fourth-order valence-electron chi connectivity index (χ4n) is 3.80. The van der Waals surface area contributed by atoms with Crippen molar-refractivity contribution in [2.24, 2.45) is 0 Å². The van der Waals surface area contributed by atoms with Gasteiger partial charge in [0, 0.05) is 25.0 Å². The van der Waals surface area contributed by atoms with E-state index in [1.54, 1.807) is 11.9 Å². The average molecular weight is 384 g/mol. The number of aryl methyl sites for hydroxylation is 1. The van der Waals surface area contributed by atoms with Gasteiger partial charge in [0.1, 0.15) is 12.4 Å². The number of hydrogen-bond acceptors (Lipinski definition) is 4. The quantitative estimate of drug-likeness (QED) is 0.799. The van der Waals surface area contributed by atoms with Crippen LogP contribution in [-0.2, 0) is 24.1 Å². The monoisotopic (exact) mass is 384 g/mol. The maximum absolute atomic E-state index is 12.5. The molecule has 1 fully saturated rings. The molecule has 2 aromatic rings. The summed E-state index contributed by atoms with van der Waals surface area (Å²) in [6, 6.07) is 7.31. The molecule has 1 aromatic heterocycles. The average Bonchev–Trinajstić information content (AvgIpc) is 3.33. The lowest BCUT2D eigenvalue weighted by Crippen LogP contribution is -2.31. The summed E-state index contributed by atoms with van der Waals surface area (Å²) in [7, 11) is 1.78. The summed E-state index contributed by atoms with van der Waals surface area (Å²) in [4.78, 5) is 14.1. The topological polar surface area (TPSA) is 79.5 Å². The van der Waals surface area contributed by atoms with Crippen LogP contribution in [0.4, 0.5) is 10.5 Å². The Bertz CT molecular complexity index is 796. The van der Waals surface area contributed by atoms with Gasteiger partial charge >= 0.3 is 6.03 Å². The van der Waals surface area contributed by atoms with Gasteiger partial charge in [-0.15, -0.1) is 0 Å². The van der Waals surface area contributed by atoms with E-state index in [2.05, 4.69) is 15.5 Å². The Kier molecular flexibility index (Phi) is 5.81. The number of amides is 2. The molecule has 2 aliphatic rings. The van der Waals surface area contributed by atoms with Gasteiger partial charge in [0.15, 0.2) is 0 Å². The lowest BCUT2D eigenvalue weighted by Gasteiger charge is -2.22. The van der Waals surface area contributed by atoms with Gasteiger partial charge < -0.3 is 19.7 Å². The van der Waals surface area contributed by atoms with Crippen LogP contribution < -0.4 is 10.1 Å². The van der Waals surface area contributed by atoms with Crippen molar-refractivity contribution < 1.29 is 14.3 Å². The number of nitrogens with one attached hydrogen (secondary N) is 2. The van der Waals surface area contributed by atoms with Crippen molar-refractivity contribution in [2.45, 2.75) is 51.2 Å². The zero-order chi connectivity index (χ0) is 19.3. The first kappa shape index (κ1) is 18.8. The van der Waals surface area contributed by atoms with E-state index in [1.165, 1.54) is 17.7 Å². The number of carbonyl (C=O) groups is 1. The lowest BCUT2D eigenvalue weighted by atomic mass is 10.1. The summed E-state index contributed by atoms with van der Waals surface area (Å²) < 4.78 is 11.5. The highest BCUT2D eigenvalue weighted by molar-refractivity contribution is 5.89. The lowest BCUT2D eigenvalue weighted by molar-refractivity contribution is -0.0110.